The Kier molecular flexibility index (Phi) is 8.20. The lowest BCUT2D eigenvalue weighted by atomic mass is 9.83. The number of hydrogen-bond donors (Lipinski definition) is 0. The number of ether oxygens (including phenoxy) is 1. The minimum atomic E-state index is -4.50. The van der Waals surface area contributed by atoms with Crippen molar-refractivity contribution in [3.05, 3.63) is 117 Å². The smallest absolute Gasteiger partial charge is 0.416 e. The minimum Gasteiger partial charge on any atom is -0.463 e. The molecule has 2 heterocycles. The van der Waals surface area contributed by atoms with Gasteiger partial charge in [-0.2, -0.15) is 13.2 Å². The van der Waals surface area contributed by atoms with E-state index in [1.165, 1.54) is 22.6 Å². The zero-order valence-electron chi connectivity index (χ0n) is 23.4. The summed E-state index contributed by atoms with van der Waals surface area (Å²) in [4.78, 5) is 43.2. The predicted molar refractivity (Wildman–Crippen MR) is 150 cm³/mol. The van der Waals surface area contributed by atoms with E-state index >= 15 is 0 Å². The molecule has 2 aliphatic heterocycles. The number of rotatable bonds is 6. The van der Waals surface area contributed by atoms with Crippen molar-refractivity contribution < 1.29 is 32.3 Å². The van der Waals surface area contributed by atoms with Crippen molar-refractivity contribution in [2.24, 2.45) is 0 Å². The number of fused-ring (bicyclic) bond motifs is 1. The quantitative estimate of drug-likeness (QED) is 0.325. The average Bonchev–Trinajstić information content (AvgIpc) is 2.98. The number of halogens is 3. The largest absolute Gasteiger partial charge is 0.463 e. The van der Waals surface area contributed by atoms with Gasteiger partial charge in [-0.05, 0) is 66.8 Å². The van der Waals surface area contributed by atoms with Crippen LogP contribution in [0.25, 0.3) is 0 Å². The number of benzene rings is 3. The van der Waals surface area contributed by atoms with Crippen LogP contribution in [0.2, 0.25) is 0 Å². The van der Waals surface area contributed by atoms with E-state index in [1.807, 2.05) is 29.2 Å². The second kappa shape index (κ2) is 11.8. The molecule has 0 aromatic heterocycles. The van der Waals surface area contributed by atoms with Gasteiger partial charge in [0.15, 0.2) is 0 Å². The molecule has 42 heavy (non-hydrogen) atoms. The Morgan fingerprint density at radius 3 is 2.38 bits per heavy atom. The molecule has 0 saturated carbocycles. The zero-order chi connectivity index (χ0) is 30.0. The second-order valence-electron chi connectivity index (χ2n) is 10.5. The lowest BCUT2D eigenvalue weighted by molar-refractivity contribution is -0.140. The Labute approximate surface area is 242 Å². The number of alkyl halides is 3. The van der Waals surface area contributed by atoms with Crippen molar-refractivity contribution in [2.75, 3.05) is 13.2 Å². The first-order valence-corrected chi connectivity index (χ1v) is 13.9. The van der Waals surface area contributed by atoms with Gasteiger partial charge in [0, 0.05) is 36.7 Å². The summed E-state index contributed by atoms with van der Waals surface area (Å²) < 4.78 is 44.7. The summed E-state index contributed by atoms with van der Waals surface area (Å²) in [7, 11) is 0. The molecule has 1 unspecified atom stereocenters. The third kappa shape index (κ3) is 5.95. The fraction of sp³-hybridized carbons (Fsp3) is 0.303. The Morgan fingerprint density at radius 2 is 1.69 bits per heavy atom. The number of carbonyl (C=O) groups is 3. The standard InChI is InChI=1S/C33H31F3N2O4/c1-3-42-32(41)30-21(2)38(29(39)18-28(30)24-11-13-27(14-12-24)33(34,35)36)19-22-7-6-10-25(17-22)31(40)37-16-15-23-8-4-5-9-26(23)20-37/h4-14,17,28H,3,15-16,18-20H2,1-2H3. The van der Waals surface area contributed by atoms with Crippen LogP contribution >= 0.6 is 0 Å². The van der Waals surface area contributed by atoms with Crippen molar-refractivity contribution in [3.8, 4) is 0 Å². The van der Waals surface area contributed by atoms with Gasteiger partial charge in [0.2, 0.25) is 5.91 Å². The third-order valence-electron chi connectivity index (χ3n) is 7.89. The first-order chi connectivity index (χ1) is 20.1. The molecule has 3 aromatic rings. The lowest BCUT2D eigenvalue weighted by Gasteiger charge is -2.34. The molecule has 0 saturated heterocycles. The lowest BCUT2D eigenvalue weighted by Crippen LogP contribution is -2.38. The predicted octanol–water partition coefficient (Wildman–Crippen LogP) is 6.26. The molecule has 0 aliphatic carbocycles. The Balaban J connectivity index is 1.40. The first kappa shape index (κ1) is 29.1. The summed E-state index contributed by atoms with van der Waals surface area (Å²) >= 11 is 0. The zero-order valence-corrected chi connectivity index (χ0v) is 23.4. The molecule has 0 N–H and O–H groups in total. The molecule has 218 valence electrons. The maximum Gasteiger partial charge on any atom is 0.416 e. The summed E-state index contributed by atoms with van der Waals surface area (Å²) in [5, 5.41) is 0. The first-order valence-electron chi connectivity index (χ1n) is 13.9. The van der Waals surface area contributed by atoms with E-state index in [1.54, 1.807) is 32.0 Å². The SMILES string of the molecule is CCOC(=O)C1=C(C)N(Cc2cccc(C(=O)N3CCc4ccccc4C3)c2)C(=O)CC1c1ccc(C(F)(F)F)cc1. The van der Waals surface area contributed by atoms with Crippen LogP contribution in [0.15, 0.2) is 84.1 Å². The molecular formula is C33H31F3N2O4. The van der Waals surface area contributed by atoms with Crippen LogP contribution < -0.4 is 0 Å². The van der Waals surface area contributed by atoms with Crippen LogP contribution in [0.5, 0.6) is 0 Å². The maximum absolute atomic E-state index is 13.4. The van der Waals surface area contributed by atoms with Crippen molar-refractivity contribution in [1.82, 2.24) is 9.80 Å². The van der Waals surface area contributed by atoms with Crippen LogP contribution in [0.4, 0.5) is 13.2 Å². The third-order valence-corrected chi connectivity index (χ3v) is 7.89. The highest BCUT2D eigenvalue weighted by Gasteiger charge is 2.38. The molecular weight excluding hydrogens is 545 g/mol. The number of nitrogens with zero attached hydrogens (tertiary/aromatic N) is 2. The number of allylic oxidation sites excluding steroid dienone is 1. The van der Waals surface area contributed by atoms with Gasteiger partial charge >= 0.3 is 12.1 Å². The van der Waals surface area contributed by atoms with Gasteiger partial charge in [0.1, 0.15) is 0 Å². The Morgan fingerprint density at radius 1 is 0.976 bits per heavy atom. The van der Waals surface area contributed by atoms with E-state index in [0.29, 0.717) is 35.5 Å². The van der Waals surface area contributed by atoms with Crippen molar-refractivity contribution in [2.45, 2.75) is 51.9 Å². The van der Waals surface area contributed by atoms with Crippen LogP contribution in [-0.2, 0) is 40.0 Å². The van der Waals surface area contributed by atoms with Gasteiger partial charge in [-0.3, -0.25) is 9.59 Å². The van der Waals surface area contributed by atoms with Gasteiger partial charge in [-0.15, -0.1) is 0 Å². The van der Waals surface area contributed by atoms with Gasteiger partial charge in [-0.1, -0.05) is 48.5 Å². The molecule has 3 aromatic carbocycles. The highest BCUT2D eigenvalue weighted by molar-refractivity contribution is 5.96. The average molecular weight is 577 g/mol. The molecule has 0 spiro atoms. The number of hydrogen-bond acceptors (Lipinski definition) is 4. The summed E-state index contributed by atoms with van der Waals surface area (Å²) in [5.74, 6) is -1.75. The second-order valence-corrected chi connectivity index (χ2v) is 10.5. The van der Waals surface area contributed by atoms with Gasteiger partial charge in [0.05, 0.1) is 24.3 Å². The van der Waals surface area contributed by atoms with E-state index in [4.69, 9.17) is 4.74 Å². The normalized spacial score (nSPS) is 17.3. The molecule has 0 bridgehead atoms. The van der Waals surface area contributed by atoms with Gasteiger partial charge in [0.25, 0.3) is 5.91 Å². The number of amides is 2. The molecule has 2 amide bonds. The van der Waals surface area contributed by atoms with Crippen molar-refractivity contribution in [3.63, 3.8) is 0 Å². The molecule has 9 heteroatoms. The van der Waals surface area contributed by atoms with E-state index in [9.17, 15) is 27.6 Å². The number of esters is 1. The summed E-state index contributed by atoms with van der Waals surface area (Å²) in [6, 6.07) is 19.7. The summed E-state index contributed by atoms with van der Waals surface area (Å²) in [6.07, 6.45) is -3.82. The van der Waals surface area contributed by atoms with Crippen molar-refractivity contribution in [1.29, 1.82) is 0 Å². The topological polar surface area (TPSA) is 66.9 Å². The van der Waals surface area contributed by atoms with Gasteiger partial charge < -0.3 is 14.5 Å². The van der Waals surface area contributed by atoms with Crippen LogP contribution in [0.3, 0.4) is 0 Å². The fourth-order valence-electron chi connectivity index (χ4n) is 5.70. The maximum atomic E-state index is 13.4. The van der Waals surface area contributed by atoms with Crippen molar-refractivity contribution >= 4 is 17.8 Å². The monoisotopic (exact) mass is 576 g/mol. The number of carbonyl (C=O) groups excluding carboxylic acids is 3. The molecule has 6 nitrogen and oxygen atoms in total. The molecule has 0 fully saturated rings. The Hall–Kier alpha value is -4.40. The highest BCUT2D eigenvalue weighted by atomic mass is 19.4. The Bertz CT molecular complexity index is 1550. The van der Waals surface area contributed by atoms with Crippen LogP contribution in [0.1, 0.15) is 64.4 Å². The van der Waals surface area contributed by atoms with Gasteiger partial charge in [-0.25, -0.2) is 4.79 Å². The molecule has 2 aliphatic rings. The highest BCUT2D eigenvalue weighted by Crippen LogP contribution is 2.39. The fourth-order valence-corrected chi connectivity index (χ4v) is 5.70. The van der Waals surface area contributed by atoms with E-state index in [0.717, 1.165) is 24.1 Å². The van der Waals surface area contributed by atoms with Crippen LogP contribution in [0, 0.1) is 0 Å². The molecule has 1 atom stereocenters. The van der Waals surface area contributed by atoms with E-state index in [2.05, 4.69) is 6.07 Å². The van der Waals surface area contributed by atoms with E-state index < -0.39 is 23.6 Å². The summed E-state index contributed by atoms with van der Waals surface area (Å²) in [5.41, 5.74) is 3.81. The summed E-state index contributed by atoms with van der Waals surface area (Å²) in [6.45, 7) is 4.67. The molecule has 0 radical (unpaired) electrons. The minimum absolute atomic E-state index is 0.0989. The van der Waals surface area contributed by atoms with Crippen LogP contribution in [-0.4, -0.2) is 40.7 Å². The molecule has 5 rings (SSSR count). The van der Waals surface area contributed by atoms with E-state index in [-0.39, 0.29) is 37.0 Å².